The standard InChI is InChI=1S/C23H20F4N2O2/c1-28(2)13-22(30)29-11-16(7-14-3-5-18(24)20(26)9-14)23(31)17(12-29)8-15-4-6-19(25)21(27)10-15/h3-10H,11-13H2,1-2H3/b16-7+,17-8+. The third-order valence-electron chi connectivity index (χ3n) is 4.68. The Labute approximate surface area is 177 Å². The summed E-state index contributed by atoms with van der Waals surface area (Å²) in [5.74, 6) is -4.81. The number of amides is 1. The Hall–Kier alpha value is -3.26. The Balaban J connectivity index is 2.01. The van der Waals surface area contributed by atoms with Gasteiger partial charge in [-0.1, -0.05) is 12.1 Å². The molecule has 0 aromatic heterocycles. The summed E-state index contributed by atoms with van der Waals surface area (Å²) in [4.78, 5) is 28.7. The van der Waals surface area contributed by atoms with E-state index in [2.05, 4.69) is 0 Å². The number of likely N-dealkylation sites (N-methyl/N-ethyl adjacent to an activating group) is 1. The molecular formula is C23H20F4N2O2. The number of Topliss-reactive ketones (excluding diaryl/α,β-unsaturated/α-hetero) is 1. The van der Waals surface area contributed by atoms with Crippen LogP contribution in [-0.2, 0) is 9.59 Å². The van der Waals surface area contributed by atoms with E-state index in [1.54, 1.807) is 19.0 Å². The van der Waals surface area contributed by atoms with Crippen LogP contribution in [-0.4, -0.2) is 55.2 Å². The van der Waals surface area contributed by atoms with Crippen molar-refractivity contribution in [3.05, 3.63) is 81.9 Å². The van der Waals surface area contributed by atoms with Crippen molar-refractivity contribution in [1.29, 1.82) is 0 Å². The largest absolute Gasteiger partial charge is 0.333 e. The lowest BCUT2D eigenvalue weighted by molar-refractivity contribution is -0.131. The van der Waals surface area contributed by atoms with Gasteiger partial charge in [-0.3, -0.25) is 9.59 Å². The van der Waals surface area contributed by atoms with Crippen molar-refractivity contribution < 1.29 is 27.2 Å². The van der Waals surface area contributed by atoms with E-state index >= 15 is 0 Å². The van der Waals surface area contributed by atoms with Crippen molar-refractivity contribution in [2.24, 2.45) is 0 Å². The van der Waals surface area contributed by atoms with Gasteiger partial charge < -0.3 is 9.80 Å². The first-order chi connectivity index (χ1) is 14.6. The summed E-state index contributed by atoms with van der Waals surface area (Å²) in [5.41, 5.74) is 0.907. The molecule has 0 spiro atoms. The molecule has 0 N–H and O–H groups in total. The number of halogens is 4. The number of rotatable bonds is 4. The number of nitrogens with zero attached hydrogens (tertiary/aromatic N) is 2. The highest BCUT2D eigenvalue weighted by Gasteiger charge is 2.29. The maximum atomic E-state index is 13.6. The van der Waals surface area contributed by atoms with Crippen LogP contribution in [0.25, 0.3) is 12.2 Å². The van der Waals surface area contributed by atoms with E-state index in [4.69, 9.17) is 0 Å². The average molecular weight is 432 g/mol. The third-order valence-corrected chi connectivity index (χ3v) is 4.68. The predicted octanol–water partition coefficient (Wildman–Crippen LogP) is 3.68. The van der Waals surface area contributed by atoms with Gasteiger partial charge in [0.1, 0.15) is 0 Å². The maximum absolute atomic E-state index is 13.6. The first-order valence-electron chi connectivity index (χ1n) is 9.42. The number of carbonyl (C=O) groups is 2. The van der Waals surface area contributed by atoms with E-state index in [-0.39, 0.29) is 47.8 Å². The Bertz CT molecular complexity index is 1020. The van der Waals surface area contributed by atoms with E-state index in [9.17, 15) is 27.2 Å². The van der Waals surface area contributed by atoms with Crippen molar-refractivity contribution in [3.63, 3.8) is 0 Å². The zero-order valence-corrected chi connectivity index (χ0v) is 17.0. The molecule has 0 atom stereocenters. The van der Waals surface area contributed by atoms with Crippen LogP contribution >= 0.6 is 0 Å². The van der Waals surface area contributed by atoms with Crippen LogP contribution in [0.5, 0.6) is 0 Å². The molecule has 3 rings (SSSR count). The fraction of sp³-hybridized carbons (Fsp3) is 0.217. The summed E-state index contributed by atoms with van der Waals surface area (Å²) in [6, 6.07) is 6.43. The molecule has 2 aromatic carbocycles. The highest BCUT2D eigenvalue weighted by atomic mass is 19.2. The minimum atomic E-state index is -1.06. The van der Waals surface area contributed by atoms with E-state index in [1.807, 2.05) is 0 Å². The van der Waals surface area contributed by atoms with Gasteiger partial charge in [0.15, 0.2) is 29.1 Å². The monoisotopic (exact) mass is 432 g/mol. The van der Waals surface area contributed by atoms with Crippen molar-refractivity contribution in [1.82, 2.24) is 9.80 Å². The summed E-state index contributed by atoms with van der Waals surface area (Å²) in [6.45, 7) is 0.0738. The number of hydrogen-bond donors (Lipinski definition) is 0. The molecule has 4 nitrogen and oxygen atoms in total. The number of benzene rings is 2. The number of piperidine rings is 1. The molecule has 31 heavy (non-hydrogen) atoms. The van der Waals surface area contributed by atoms with E-state index < -0.39 is 29.1 Å². The molecular weight excluding hydrogens is 412 g/mol. The number of carbonyl (C=O) groups excluding carboxylic acids is 2. The van der Waals surface area contributed by atoms with Crippen LogP contribution in [0.15, 0.2) is 47.5 Å². The topological polar surface area (TPSA) is 40.6 Å². The van der Waals surface area contributed by atoms with Crippen LogP contribution in [0.2, 0.25) is 0 Å². The van der Waals surface area contributed by atoms with Crippen LogP contribution in [0, 0.1) is 23.3 Å². The molecule has 0 bridgehead atoms. The molecule has 0 aliphatic carbocycles. The predicted molar refractivity (Wildman–Crippen MR) is 109 cm³/mol. The Kier molecular flexibility index (Phi) is 6.70. The molecule has 1 amide bonds. The van der Waals surface area contributed by atoms with Crippen molar-refractivity contribution in [2.45, 2.75) is 0 Å². The van der Waals surface area contributed by atoms with Crippen LogP contribution < -0.4 is 0 Å². The Morgan fingerprint density at radius 3 is 1.71 bits per heavy atom. The molecule has 0 radical (unpaired) electrons. The summed E-state index contributed by atoms with van der Waals surface area (Å²) in [6.07, 6.45) is 2.78. The molecule has 8 heteroatoms. The van der Waals surface area contributed by atoms with Crippen LogP contribution in [0.4, 0.5) is 17.6 Å². The zero-order chi connectivity index (χ0) is 22.7. The lowest BCUT2D eigenvalue weighted by atomic mass is 9.94. The minimum Gasteiger partial charge on any atom is -0.333 e. The normalized spacial score (nSPS) is 17.1. The first-order valence-corrected chi connectivity index (χ1v) is 9.42. The van der Waals surface area contributed by atoms with E-state index in [0.717, 1.165) is 24.3 Å². The Morgan fingerprint density at radius 2 is 1.32 bits per heavy atom. The molecule has 1 heterocycles. The highest BCUT2D eigenvalue weighted by molar-refractivity contribution is 6.15. The van der Waals surface area contributed by atoms with Gasteiger partial charge in [-0.2, -0.15) is 0 Å². The maximum Gasteiger partial charge on any atom is 0.237 e. The Morgan fingerprint density at radius 1 is 0.871 bits per heavy atom. The highest BCUT2D eigenvalue weighted by Crippen LogP contribution is 2.23. The van der Waals surface area contributed by atoms with Gasteiger partial charge in [0.05, 0.1) is 6.54 Å². The van der Waals surface area contributed by atoms with Crippen molar-refractivity contribution >= 4 is 23.8 Å². The summed E-state index contributed by atoms with van der Waals surface area (Å²) in [5, 5.41) is 0. The fourth-order valence-electron chi connectivity index (χ4n) is 3.19. The number of hydrogen-bond acceptors (Lipinski definition) is 3. The van der Waals surface area contributed by atoms with Crippen LogP contribution in [0.3, 0.4) is 0 Å². The molecule has 2 aromatic rings. The molecule has 1 fully saturated rings. The average Bonchev–Trinajstić information content (AvgIpc) is 2.70. The third kappa shape index (κ3) is 5.46. The molecule has 0 saturated carbocycles. The van der Waals surface area contributed by atoms with Gasteiger partial charge in [0.25, 0.3) is 0 Å². The van der Waals surface area contributed by atoms with Gasteiger partial charge in [-0.05, 0) is 61.6 Å². The van der Waals surface area contributed by atoms with Gasteiger partial charge >= 0.3 is 0 Å². The molecule has 0 unspecified atom stereocenters. The van der Waals surface area contributed by atoms with Gasteiger partial charge in [-0.25, -0.2) is 17.6 Å². The lowest BCUT2D eigenvalue weighted by Crippen LogP contribution is -2.45. The first kappa shape index (κ1) is 22.4. The molecule has 162 valence electrons. The quantitative estimate of drug-likeness (QED) is 0.547. The smallest absolute Gasteiger partial charge is 0.237 e. The second-order valence-corrected chi connectivity index (χ2v) is 7.50. The lowest BCUT2D eigenvalue weighted by Gasteiger charge is -2.31. The van der Waals surface area contributed by atoms with E-state index in [1.165, 1.54) is 29.2 Å². The molecule has 1 aliphatic heterocycles. The number of likely N-dealkylation sites (tertiary alicyclic amines) is 1. The zero-order valence-electron chi connectivity index (χ0n) is 17.0. The summed E-state index contributed by atoms with van der Waals surface area (Å²) < 4.78 is 53.6. The second kappa shape index (κ2) is 9.26. The molecule has 1 aliphatic rings. The summed E-state index contributed by atoms with van der Waals surface area (Å²) >= 11 is 0. The van der Waals surface area contributed by atoms with Gasteiger partial charge in [-0.15, -0.1) is 0 Å². The van der Waals surface area contributed by atoms with Gasteiger partial charge in [0.2, 0.25) is 5.91 Å². The second-order valence-electron chi connectivity index (χ2n) is 7.50. The summed E-state index contributed by atoms with van der Waals surface area (Å²) in [7, 11) is 3.45. The van der Waals surface area contributed by atoms with Crippen molar-refractivity contribution in [3.8, 4) is 0 Å². The number of ketones is 1. The van der Waals surface area contributed by atoms with Crippen molar-refractivity contribution in [2.75, 3.05) is 33.7 Å². The minimum absolute atomic E-state index is 0.0143. The molecule has 1 saturated heterocycles. The van der Waals surface area contributed by atoms with Gasteiger partial charge in [0, 0.05) is 24.2 Å². The fourth-order valence-corrected chi connectivity index (χ4v) is 3.19. The van der Waals surface area contributed by atoms with Crippen LogP contribution in [0.1, 0.15) is 11.1 Å². The SMILES string of the molecule is CN(C)CC(=O)N1C/C(=C\c2ccc(F)c(F)c2)C(=O)/C(=C/c2ccc(F)c(F)c2)C1. The van der Waals surface area contributed by atoms with E-state index in [0.29, 0.717) is 0 Å².